The molecule has 0 radical (unpaired) electrons. The molecule has 0 aromatic carbocycles. The molecule has 102 valence electrons. The van der Waals surface area contributed by atoms with E-state index in [1.54, 1.807) is 0 Å². The van der Waals surface area contributed by atoms with Crippen LogP contribution in [0.3, 0.4) is 0 Å². The Hall–Kier alpha value is -0.610. The molecule has 2 saturated heterocycles. The Morgan fingerprint density at radius 1 is 1.28 bits per heavy atom. The van der Waals surface area contributed by atoms with Crippen LogP contribution < -0.4 is 5.73 Å². The summed E-state index contributed by atoms with van der Waals surface area (Å²) in [6, 6.07) is -0.311. The normalized spacial score (nSPS) is 36.3. The molecule has 2 aliphatic heterocycles. The third-order valence-electron chi connectivity index (χ3n) is 5.49. The Balaban J connectivity index is 1.56. The van der Waals surface area contributed by atoms with Gasteiger partial charge in [0.15, 0.2) is 0 Å². The summed E-state index contributed by atoms with van der Waals surface area (Å²) in [6.45, 7) is 7.97. The van der Waals surface area contributed by atoms with Crippen molar-refractivity contribution >= 4 is 5.91 Å². The number of fused-ring (bicyclic) bond motifs is 1. The molecule has 4 heteroatoms. The van der Waals surface area contributed by atoms with Crippen LogP contribution in [-0.2, 0) is 9.53 Å². The predicted octanol–water partition coefficient (Wildman–Crippen LogP) is 0.855. The van der Waals surface area contributed by atoms with Crippen LogP contribution in [0.4, 0.5) is 0 Å². The summed E-state index contributed by atoms with van der Waals surface area (Å²) in [5.41, 5.74) is 6.61. The number of piperidine rings is 1. The molecule has 1 amide bonds. The highest BCUT2D eigenvalue weighted by Crippen LogP contribution is 2.61. The Kier molecular flexibility index (Phi) is 2.90. The first-order chi connectivity index (χ1) is 8.51. The molecule has 4 nitrogen and oxygen atoms in total. The second-order valence-corrected chi connectivity index (χ2v) is 6.75. The molecule has 2 N–H and O–H groups in total. The second-order valence-electron chi connectivity index (χ2n) is 6.75. The molecule has 3 unspecified atom stereocenters. The van der Waals surface area contributed by atoms with Gasteiger partial charge in [0.2, 0.25) is 5.91 Å². The van der Waals surface area contributed by atoms with E-state index in [1.807, 2.05) is 4.90 Å². The van der Waals surface area contributed by atoms with Crippen molar-refractivity contribution in [3.05, 3.63) is 0 Å². The first-order valence-electron chi connectivity index (χ1n) is 7.14. The topological polar surface area (TPSA) is 55.6 Å². The summed E-state index contributed by atoms with van der Waals surface area (Å²) in [5, 5.41) is 0. The molecule has 3 rings (SSSR count). The molecule has 3 aliphatic rings. The number of carbonyl (C=O) groups is 1. The number of likely N-dealkylation sites (tertiary alicyclic amines) is 1. The molecule has 3 atom stereocenters. The van der Waals surface area contributed by atoms with Crippen molar-refractivity contribution in [2.24, 2.45) is 28.9 Å². The zero-order chi connectivity index (χ0) is 12.9. The number of rotatable bonds is 2. The molecule has 0 aromatic rings. The largest absolute Gasteiger partial charge is 0.381 e. The number of carbonyl (C=O) groups excluding carboxylic acids is 1. The van der Waals surface area contributed by atoms with E-state index in [1.165, 1.54) is 0 Å². The maximum absolute atomic E-state index is 12.4. The Bertz CT molecular complexity index is 336. The van der Waals surface area contributed by atoms with Crippen LogP contribution >= 0.6 is 0 Å². The van der Waals surface area contributed by atoms with Crippen molar-refractivity contribution in [1.29, 1.82) is 0 Å². The maximum atomic E-state index is 12.4. The monoisotopic (exact) mass is 252 g/mol. The second kappa shape index (κ2) is 4.20. The number of nitrogens with two attached hydrogens (primary N) is 1. The zero-order valence-electron chi connectivity index (χ0n) is 11.4. The fourth-order valence-corrected chi connectivity index (χ4v) is 3.80. The van der Waals surface area contributed by atoms with Crippen molar-refractivity contribution in [3.63, 3.8) is 0 Å². The minimum Gasteiger partial charge on any atom is -0.381 e. The number of hydrogen-bond acceptors (Lipinski definition) is 3. The number of hydrogen-bond donors (Lipinski definition) is 1. The smallest absolute Gasteiger partial charge is 0.239 e. The van der Waals surface area contributed by atoms with Crippen molar-refractivity contribution in [1.82, 2.24) is 4.90 Å². The third-order valence-corrected chi connectivity index (χ3v) is 5.49. The molecule has 0 spiro atoms. The van der Waals surface area contributed by atoms with Gasteiger partial charge < -0.3 is 15.4 Å². The van der Waals surface area contributed by atoms with E-state index in [0.29, 0.717) is 23.2 Å². The van der Waals surface area contributed by atoms with Crippen LogP contribution in [0.5, 0.6) is 0 Å². The third kappa shape index (κ3) is 1.86. The van der Waals surface area contributed by atoms with Crippen LogP contribution in [0.25, 0.3) is 0 Å². The fraction of sp³-hybridized carbons (Fsp3) is 0.929. The van der Waals surface area contributed by atoms with E-state index in [0.717, 1.165) is 39.1 Å². The van der Waals surface area contributed by atoms with Crippen molar-refractivity contribution < 1.29 is 9.53 Å². The lowest BCUT2D eigenvalue weighted by atomic mass is 9.91. The van der Waals surface area contributed by atoms with Gasteiger partial charge in [-0.3, -0.25) is 4.79 Å². The van der Waals surface area contributed by atoms with Gasteiger partial charge in [0.1, 0.15) is 0 Å². The minimum atomic E-state index is -0.311. The summed E-state index contributed by atoms with van der Waals surface area (Å²) >= 11 is 0. The van der Waals surface area contributed by atoms with E-state index in [-0.39, 0.29) is 11.9 Å². The van der Waals surface area contributed by atoms with Gasteiger partial charge in [-0.25, -0.2) is 0 Å². The van der Waals surface area contributed by atoms with E-state index in [2.05, 4.69) is 13.8 Å². The van der Waals surface area contributed by atoms with Crippen molar-refractivity contribution in [2.75, 3.05) is 26.3 Å². The highest BCUT2D eigenvalue weighted by atomic mass is 16.5. The van der Waals surface area contributed by atoms with E-state index < -0.39 is 0 Å². The Labute approximate surface area is 109 Å². The predicted molar refractivity (Wildman–Crippen MR) is 68.9 cm³/mol. The average molecular weight is 252 g/mol. The highest BCUT2D eigenvalue weighted by Gasteiger charge is 2.62. The van der Waals surface area contributed by atoms with Crippen molar-refractivity contribution in [2.45, 2.75) is 32.7 Å². The summed E-state index contributed by atoms with van der Waals surface area (Å²) < 4.78 is 5.33. The van der Waals surface area contributed by atoms with Gasteiger partial charge in [-0.1, -0.05) is 13.8 Å². The standard InChI is InChI=1S/C14H24N2O2/c1-14(2)10-7-16(8-11(10)14)13(17)12(15)9-3-5-18-6-4-9/h9-12H,3-8,15H2,1-2H3. The molecule has 2 heterocycles. The molecule has 1 aliphatic carbocycles. The lowest BCUT2D eigenvalue weighted by Gasteiger charge is -2.31. The van der Waals surface area contributed by atoms with Crippen LogP contribution in [0, 0.1) is 23.2 Å². The number of amides is 1. The van der Waals surface area contributed by atoms with Crippen LogP contribution in [0.15, 0.2) is 0 Å². The number of ether oxygens (including phenoxy) is 1. The average Bonchev–Trinajstić information content (AvgIpc) is 2.78. The van der Waals surface area contributed by atoms with Gasteiger partial charge in [0.05, 0.1) is 6.04 Å². The minimum absolute atomic E-state index is 0.171. The summed E-state index contributed by atoms with van der Waals surface area (Å²) in [6.07, 6.45) is 1.86. The summed E-state index contributed by atoms with van der Waals surface area (Å²) in [7, 11) is 0. The Morgan fingerprint density at radius 2 is 1.83 bits per heavy atom. The lowest BCUT2D eigenvalue weighted by molar-refractivity contribution is -0.134. The maximum Gasteiger partial charge on any atom is 0.239 e. The molecule has 3 fully saturated rings. The highest BCUT2D eigenvalue weighted by molar-refractivity contribution is 5.82. The quantitative estimate of drug-likeness (QED) is 0.793. The van der Waals surface area contributed by atoms with Gasteiger partial charge in [0.25, 0.3) is 0 Å². The lowest BCUT2D eigenvalue weighted by Crippen LogP contribution is -2.49. The number of nitrogens with zero attached hydrogens (tertiary/aromatic N) is 1. The summed E-state index contributed by atoms with van der Waals surface area (Å²) in [5.74, 6) is 1.91. The van der Waals surface area contributed by atoms with Crippen LogP contribution in [0.2, 0.25) is 0 Å². The van der Waals surface area contributed by atoms with E-state index >= 15 is 0 Å². The fourth-order valence-electron chi connectivity index (χ4n) is 3.80. The first-order valence-corrected chi connectivity index (χ1v) is 7.14. The van der Waals surface area contributed by atoms with Crippen LogP contribution in [0.1, 0.15) is 26.7 Å². The van der Waals surface area contributed by atoms with E-state index in [9.17, 15) is 4.79 Å². The van der Waals surface area contributed by atoms with Gasteiger partial charge in [0, 0.05) is 26.3 Å². The van der Waals surface area contributed by atoms with Crippen LogP contribution in [-0.4, -0.2) is 43.2 Å². The molecular weight excluding hydrogens is 228 g/mol. The van der Waals surface area contributed by atoms with Gasteiger partial charge in [-0.15, -0.1) is 0 Å². The zero-order valence-corrected chi connectivity index (χ0v) is 11.4. The van der Waals surface area contributed by atoms with Gasteiger partial charge in [-0.05, 0) is 36.0 Å². The molecule has 1 saturated carbocycles. The first kappa shape index (κ1) is 12.4. The molecule has 18 heavy (non-hydrogen) atoms. The van der Waals surface area contributed by atoms with Gasteiger partial charge >= 0.3 is 0 Å². The van der Waals surface area contributed by atoms with E-state index in [4.69, 9.17) is 10.5 Å². The summed E-state index contributed by atoms with van der Waals surface area (Å²) in [4.78, 5) is 14.4. The molecular formula is C14H24N2O2. The Morgan fingerprint density at radius 3 is 2.39 bits per heavy atom. The molecule has 0 bridgehead atoms. The SMILES string of the molecule is CC1(C)C2CN(C(=O)C(N)C3CCOCC3)CC21. The van der Waals surface area contributed by atoms with Gasteiger partial charge in [-0.2, -0.15) is 0 Å². The molecule has 0 aromatic heterocycles. The van der Waals surface area contributed by atoms with Crippen molar-refractivity contribution in [3.8, 4) is 0 Å².